The van der Waals surface area contributed by atoms with Crippen molar-refractivity contribution in [2.75, 3.05) is 33.4 Å². The zero-order valence-electron chi connectivity index (χ0n) is 18.8. The number of aromatic nitrogens is 1. The number of H-pyrrole nitrogens is 1. The summed E-state index contributed by atoms with van der Waals surface area (Å²) in [5.41, 5.74) is 4.42. The lowest BCUT2D eigenvalue weighted by molar-refractivity contribution is 0.106. The molecule has 1 aromatic heterocycles. The van der Waals surface area contributed by atoms with E-state index in [-0.39, 0.29) is 6.61 Å². The Labute approximate surface area is 188 Å². The second-order valence-electron chi connectivity index (χ2n) is 7.95. The molecule has 4 aromatic rings. The molecule has 3 N–H and O–H groups in total. The maximum absolute atomic E-state index is 10.4. The zero-order valence-corrected chi connectivity index (χ0v) is 18.8. The number of fused-ring (bicyclic) bond motifs is 3. The fraction of sp³-hybridized carbons (Fsp3) is 0.308. The number of aromatic amines is 1. The normalized spacial score (nSPS) is 12.2. The molecule has 0 fully saturated rings. The average molecular weight is 435 g/mol. The molecule has 6 nitrogen and oxygen atoms in total. The number of rotatable bonds is 10. The first-order valence-electron chi connectivity index (χ1n) is 10.9. The molecule has 6 heteroatoms. The summed E-state index contributed by atoms with van der Waals surface area (Å²) in [6.45, 7) is 5.79. The lowest BCUT2D eigenvalue weighted by Gasteiger charge is -2.15. The number of methoxy groups -OCH3 is 1. The van der Waals surface area contributed by atoms with E-state index >= 15 is 0 Å². The van der Waals surface area contributed by atoms with Crippen molar-refractivity contribution in [3.05, 3.63) is 65.7 Å². The molecule has 1 unspecified atom stereocenters. The molecule has 168 valence electrons. The first kappa shape index (κ1) is 22.0. The molecule has 0 aliphatic rings. The van der Waals surface area contributed by atoms with E-state index in [0.29, 0.717) is 19.7 Å². The van der Waals surface area contributed by atoms with Crippen LogP contribution in [0.3, 0.4) is 0 Å². The number of hydrogen-bond donors (Lipinski definition) is 3. The third-order valence-electron chi connectivity index (χ3n) is 5.62. The van der Waals surface area contributed by atoms with Crippen molar-refractivity contribution in [2.24, 2.45) is 0 Å². The highest BCUT2D eigenvalue weighted by Gasteiger charge is 2.12. The van der Waals surface area contributed by atoms with Gasteiger partial charge in [-0.3, -0.25) is 0 Å². The molecule has 32 heavy (non-hydrogen) atoms. The smallest absolute Gasteiger partial charge is 0.161 e. The Hall–Kier alpha value is -3.22. The maximum atomic E-state index is 10.4. The van der Waals surface area contributed by atoms with Gasteiger partial charge in [-0.25, -0.2) is 0 Å². The van der Waals surface area contributed by atoms with Crippen LogP contribution in [0.25, 0.3) is 21.8 Å². The molecule has 0 saturated carbocycles. The van der Waals surface area contributed by atoms with E-state index in [1.165, 1.54) is 5.56 Å². The summed E-state index contributed by atoms with van der Waals surface area (Å²) in [6.07, 6.45) is -0.633. The van der Waals surface area contributed by atoms with Gasteiger partial charge >= 0.3 is 0 Å². The Morgan fingerprint density at radius 2 is 1.66 bits per heavy atom. The molecular weight excluding hydrogens is 404 g/mol. The van der Waals surface area contributed by atoms with Crippen molar-refractivity contribution in [1.82, 2.24) is 10.3 Å². The minimum Gasteiger partial charge on any atom is -0.493 e. The number of hydrogen-bond acceptors (Lipinski definition) is 5. The molecule has 4 rings (SSSR count). The summed E-state index contributed by atoms with van der Waals surface area (Å²) in [4.78, 5) is 3.40. The highest BCUT2D eigenvalue weighted by molar-refractivity contribution is 6.10. The number of ether oxygens (including phenoxy) is 3. The maximum Gasteiger partial charge on any atom is 0.161 e. The second kappa shape index (κ2) is 9.94. The number of nitrogens with one attached hydrogen (secondary N) is 2. The van der Waals surface area contributed by atoms with Crippen LogP contribution >= 0.6 is 0 Å². The Bertz CT molecular complexity index is 1200. The Morgan fingerprint density at radius 3 is 2.47 bits per heavy atom. The van der Waals surface area contributed by atoms with Gasteiger partial charge in [-0.05, 0) is 55.3 Å². The fourth-order valence-corrected chi connectivity index (χ4v) is 3.77. The lowest BCUT2D eigenvalue weighted by atomic mass is 10.1. The van der Waals surface area contributed by atoms with Crippen molar-refractivity contribution in [3.8, 4) is 17.2 Å². The summed E-state index contributed by atoms with van der Waals surface area (Å²) in [5, 5.41) is 15.7. The van der Waals surface area contributed by atoms with E-state index in [4.69, 9.17) is 14.2 Å². The van der Waals surface area contributed by atoms with Crippen LogP contribution < -0.4 is 19.5 Å². The molecule has 1 atom stereocenters. The molecule has 0 spiro atoms. The topological polar surface area (TPSA) is 75.7 Å². The van der Waals surface area contributed by atoms with Crippen LogP contribution in [0.2, 0.25) is 0 Å². The molecule has 0 bridgehead atoms. The van der Waals surface area contributed by atoms with Gasteiger partial charge in [0.2, 0.25) is 0 Å². The fourth-order valence-electron chi connectivity index (χ4n) is 3.77. The SMILES string of the molecule is COc1cc(C)c(C)cc1OCCNCC(O)COc1cccc2[nH]c3ccccc3c12. The van der Waals surface area contributed by atoms with Crippen LogP contribution in [0.5, 0.6) is 17.2 Å². The lowest BCUT2D eigenvalue weighted by Crippen LogP contribution is -2.33. The summed E-state index contributed by atoms with van der Waals surface area (Å²) < 4.78 is 17.2. The first-order chi connectivity index (χ1) is 15.6. The minimum atomic E-state index is -0.633. The second-order valence-corrected chi connectivity index (χ2v) is 7.95. The van der Waals surface area contributed by atoms with Gasteiger partial charge in [0.15, 0.2) is 11.5 Å². The monoisotopic (exact) mass is 434 g/mol. The van der Waals surface area contributed by atoms with Gasteiger partial charge in [0.25, 0.3) is 0 Å². The highest BCUT2D eigenvalue weighted by Crippen LogP contribution is 2.33. The van der Waals surface area contributed by atoms with Crippen molar-refractivity contribution < 1.29 is 19.3 Å². The third kappa shape index (κ3) is 4.82. The molecule has 0 radical (unpaired) electrons. The van der Waals surface area contributed by atoms with Gasteiger partial charge in [0.1, 0.15) is 25.1 Å². The van der Waals surface area contributed by atoms with E-state index in [9.17, 15) is 5.11 Å². The summed E-state index contributed by atoms with van der Waals surface area (Å²) in [6, 6.07) is 18.0. The van der Waals surface area contributed by atoms with Gasteiger partial charge in [0.05, 0.1) is 12.6 Å². The summed E-state index contributed by atoms with van der Waals surface area (Å²) in [7, 11) is 1.64. The average Bonchev–Trinajstić information content (AvgIpc) is 3.18. The minimum absolute atomic E-state index is 0.206. The van der Waals surface area contributed by atoms with Gasteiger partial charge in [-0.1, -0.05) is 24.3 Å². The number of aryl methyl sites for hydroxylation is 2. The van der Waals surface area contributed by atoms with E-state index in [1.54, 1.807) is 7.11 Å². The zero-order chi connectivity index (χ0) is 22.5. The van der Waals surface area contributed by atoms with Crippen LogP contribution in [-0.4, -0.2) is 49.6 Å². The third-order valence-corrected chi connectivity index (χ3v) is 5.62. The molecule has 0 aliphatic carbocycles. The van der Waals surface area contributed by atoms with Crippen LogP contribution in [0.4, 0.5) is 0 Å². The predicted molar refractivity (Wildman–Crippen MR) is 128 cm³/mol. The van der Waals surface area contributed by atoms with Crippen molar-refractivity contribution in [1.29, 1.82) is 0 Å². The summed E-state index contributed by atoms with van der Waals surface area (Å²) in [5.74, 6) is 2.23. The highest BCUT2D eigenvalue weighted by atomic mass is 16.5. The van der Waals surface area contributed by atoms with E-state index in [1.807, 2.05) is 62.4 Å². The standard InChI is InChI=1S/C26H30N2O4/c1-17-13-24(30-3)25(14-18(17)2)31-12-11-27-15-19(29)16-32-23-10-6-9-22-26(23)20-7-4-5-8-21(20)28-22/h4-10,13-14,19,27-29H,11-12,15-16H2,1-3H3. The van der Waals surface area contributed by atoms with Crippen molar-refractivity contribution >= 4 is 21.8 Å². The summed E-state index contributed by atoms with van der Waals surface area (Å²) >= 11 is 0. The Balaban J connectivity index is 1.26. The number of aliphatic hydroxyl groups excluding tert-OH is 1. The largest absolute Gasteiger partial charge is 0.493 e. The number of benzene rings is 3. The van der Waals surface area contributed by atoms with Crippen molar-refractivity contribution in [2.45, 2.75) is 20.0 Å². The van der Waals surface area contributed by atoms with Gasteiger partial charge in [-0.15, -0.1) is 0 Å². The Kier molecular flexibility index (Phi) is 6.83. The quantitative estimate of drug-likeness (QED) is 0.324. The van der Waals surface area contributed by atoms with E-state index in [0.717, 1.165) is 44.6 Å². The van der Waals surface area contributed by atoms with Crippen molar-refractivity contribution in [3.63, 3.8) is 0 Å². The van der Waals surface area contributed by atoms with Gasteiger partial charge < -0.3 is 29.6 Å². The number of aliphatic hydroxyl groups is 1. The first-order valence-corrected chi connectivity index (χ1v) is 10.9. The molecule has 1 heterocycles. The van der Waals surface area contributed by atoms with Crippen LogP contribution in [0.1, 0.15) is 11.1 Å². The molecule has 0 saturated heterocycles. The molecule has 0 amide bonds. The van der Waals surface area contributed by atoms with E-state index < -0.39 is 6.10 Å². The van der Waals surface area contributed by atoms with Gasteiger partial charge in [0, 0.05) is 29.4 Å². The molecule has 3 aromatic carbocycles. The molecule has 0 aliphatic heterocycles. The van der Waals surface area contributed by atoms with E-state index in [2.05, 4.69) is 16.4 Å². The van der Waals surface area contributed by atoms with Crippen LogP contribution in [0.15, 0.2) is 54.6 Å². The predicted octanol–water partition coefficient (Wildman–Crippen LogP) is 4.35. The Morgan fingerprint density at radius 1 is 0.906 bits per heavy atom. The van der Waals surface area contributed by atoms with Crippen LogP contribution in [0, 0.1) is 13.8 Å². The van der Waals surface area contributed by atoms with Crippen LogP contribution in [-0.2, 0) is 0 Å². The number of para-hydroxylation sites is 1. The van der Waals surface area contributed by atoms with Gasteiger partial charge in [-0.2, -0.15) is 0 Å². The molecular formula is C26H30N2O4.